The van der Waals surface area contributed by atoms with Crippen molar-refractivity contribution in [2.45, 2.75) is 53.0 Å². The molecule has 5 nitrogen and oxygen atoms in total. The van der Waals surface area contributed by atoms with E-state index in [0.717, 1.165) is 13.0 Å². The average Bonchev–Trinajstić information content (AvgIpc) is 2.76. The van der Waals surface area contributed by atoms with Crippen molar-refractivity contribution in [3.05, 3.63) is 0 Å². The summed E-state index contributed by atoms with van der Waals surface area (Å²) in [6.45, 7) is 10.1. The number of nitrogens with zero attached hydrogens (tertiary/aromatic N) is 1. The molecule has 20 heavy (non-hydrogen) atoms. The monoisotopic (exact) mass is 282 g/mol. The molecule has 0 spiro atoms. The predicted octanol–water partition coefficient (Wildman–Crippen LogP) is 2.32. The van der Waals surface area contributed by atoms with Gasteiger partial charge in [0, 0.05) is 25.6 Å². The van der Waals surface area contributed by atoms with E-state index in [4.69, 9.17) is 5.11 Å². The Morgan fingerprint density at radius 1 is 1.25 bits per heavy atom. The molecular formula is C15H26N2O3. The molecule has 1 heterocycles. The molecule has 1 aliphatic heterocycles. The largest absolute Gasteiger partial charge is 0.481 e. The van der Waals surface area contributed by atoms with Crippen LogP contribution in [0.2, 0.25) is 0 Å². The van der Waals surface area contributed by atoms with Crippen LogP contribution in [0, 0.1) is 16.7 Å². The molecule has 1 atom stereocenters. The lowest BCUT2D eigenvalue weighted by atomic mass is 10.0. The van der Waals surface area contributed by atoms with E-state index >= 15 is 0 Å². The Morgan fingerprint density at radius 3 is 2.35 bits per heavy atom. The fraction of sp³-hybridized carbons (Fsp3) is 0.867. The Morgan fingerprint density at radius 2 is 1.85 bits per heavy atom. The molecule has 1 unspecified atom stereocenters. The first kappa shape index (κ1) is 15.1. The first-order valence-corrected chi connectivity index (χ1v) is 7.43. The summed E-state index contributed by atoms with van der Waals surface area (Å²) in [5, 5.41) is 11.8. The minimum Gasteiger partial charge on any atom is -0.481 e. The fourth-order valence-corrected chi connectivity index (χ4v) is 3.35. The zero-order valence-corrected chi connectivity index (χ0v) is 12.9. The topological polar surface area (TPSA) is 69.6 Å². The highest BCUT2D eigenvalue weighted by Crippen LogP contribution is 2.62. The van der Waals surface area contributed by atoms with Crippen LogP contribution >= 0.6 is 0 Å². The summed E-state index contributed by atoms with van der Waals surface area (Å²) < 4.78 is 0. The molecule has 1 saturated heterocycles. The average molecular weight is 282 g/mol. The summed E-state index contributed by atoms with van der Waals surface area (Å²) >= 11 is 0. The number of aliphatic carboxylic acids is 1. The molecular weight excluding hydrogens is 256 g/mol. The SMILES string of the molecule is CC1(C)C(NC(=O)N2CCC(CCC(=O)O)C2)C1(C)C. The van der Waals surface area contributed by atoms with Crippen LogP contribution in [0.4, 0.5) is 4.79 Å². The second-order valence-corrected chi connectivity index (χ2v) is 7.36. The first-order valence-electron chi connectivity index (χ1n) is 7.43. The third-order valence-corrected chi connectivity index (χ3v) is 5.63. The van der Waals surface area contributed by atoms with Gasteiger partial charge in [-0.1, -0.05) is 27.7 Å². The van der Waals surface area contributed by atoms with E-state index in [2.05, 4.69) is 33.0 Å². The van der Waals surface area contributed by atoms with E-state index in [1.165, 1.54) is 0 Å². The zero-order valence-electron chi connectivity index (χ0n) is 12.9. The fourth-order valence-electron chi connectivity index (χ4n) is 3.35. The smallest absolute Gasteiger partial charge is 0.317 e. The van der Waals surface area contributed by atoms with Crippen LogP contribution in [0.5, 0.6) is 0 Å². The van der Waals surface area contributed by atoms with Crippen molar-refractivity contribution in [3.63, 3.8) is 0 Å². The Labute approximate surface area is 120 Å². The number of hydrogen-bond acceptors (Lipinski definition) is 2. The number of likely N-dealkylation sites (tertiary alicyclic amines) is 1. The third-order valence-electron chi connectivity index (χ3n) is 5.63. The lowest BCUT2D eigenvalue weighted by molar-refractivity contribution is -0.137. The number of hydrogen-bond donors (Lipinski definition) is 2. The van der Waals surface area contributed by atoms with E-state index in [0.29, 0.717) is 18.9 Å². The Kier molecular flexibility index (Phi) is 3.73. The van der Waals surface area contributed by atoms with Crippen LogP contribution in [0.25, 0.3) is 0 Å². The molecule has 0 aromatic carbocycles. The molecule has 1 saturated carbocycles. The number of carboxylic acids is 1. The summed E-state index contributed by atoms with van der Waals surface area (Å²) in [5.41, 5.74) is 0.288. The Balaban J connectivity index is 1.79. The van der Waals surface area contributed by atoms with Crippen LogP contribution in [0.15, 0.2) is 0 Å². The van der Waals surface area contributed by atoms with Gasteiger partial charge in [-0.3, -0.25) is 4.79 Å². The second kappa shape index (κ2) is 4.93. The van der Waals surface area contributed by atoms with Crippen molar-refractivity contribution in [1.82, 2.24) is 10.2 Å². The number of urea groups is 1. The summed E-state index contributed by atoms with van der Waals surface area (Å²) in [4.78, 5) is 24.7. The lowest BCUT2D eigenvalue weighted by Gasteiger charge is -2.18. The zero-order chi connectivity index (χ0) is 15.1. The van der Waals surface area contributed by atoms with Gasteiger partial charge in [-0.05, 0) is 29.6 Å². The maximum Gasteiger partial charge on any atom is 0.317 e. The van der Waals surface area contributed by atoms with Crippen molar-refractivity contribution in [1.29, 1.82) is 0 Å². The van der Waals surface area contributed by atoms with Gasteiger partial charge in [0.25, 0.3) is 0 Å². The molecule has 0 aromatic rings. The third kappa shape index (κ3) is 2.63. The van der Waals surface area contributed by atoms with Gasteiger partial charge in [-0.2, -0.15) is 0 Å². The molecule has 1 aliphatic carbocycles. The lowest BCUT2D eigenvalue weighted by Crippen LogP contribution is -2.41. The molecule has 2 rings (SSSR count). The normalized spacial score (nSPS) is 27.4. The van der Waals surface area contributed by atoms with E-state index in [1.807, 2.05) is 4.90 Å². The van der Waals surface area contributed by atoms with Gasteiger partial charge >= 0.3 is 12.0 Å². The number of nitrogens with one attached hydrogen (secondary N) is 1. The summed E-state index contributed by atoms with van der Waals surface area (Å²) in [5.74, 6) is -0.425. The number of rotatable bonds is 4. The minimum absolute atomic E-state index is 0.00600. The number of carbonyl (C=O) groups excluding carboxylic acids is 1. The highest BCUT2D eigenvalue weighted by molar-refractivity contribution is 5.75. The van der Waals surface area contributed by atoms with Crippen molar-refractivity contribution >= 4 is 12.0 Å². The van der Waals surface area contributed by atoms with Crippen LogP contribution in [-0.2, 0) is 4.79 Å². The van der Waals surface area contributed by atoms with Gasteiger partial charge in [0.1, 0.15) is 0 Å². The Hall–Kier alpha value is -1.26. The molecule has 0 bridgehead atoms. The van der Waals surface area contributed by atoms with Gasteiger partial charge in [0.2, 0.25) is 0 Å². The minimum atomic E-state index is -0.755. The molecule has 2 aliphatic rings. The second-order valence-electron chi connectivity index (χ2n) is 7.36. The van der Waals surface area contributed by atoms with Crippen molar-refractivity contribution in [2.24, 2.45) is 16.7 Å². The first-order chi connectivity index (χ1) is 9.16. The van der Waals surface area contributed by atoms with E-state index in [-0.39, 0.29) is 29.3 Å². The highest BCUT2D eigenvalue weighted by Gasteiger charge is 2.65. The quantitative estimate of drug-likeness (QED) is 0.831. The number of carboxylic acid groups (broad SMARTS) is 1. The Bertz CT molecular complexity index is 403. The van der Waals surface area contributed by atoms with Gasteiger partial charge < -0.3 is 15.3 Å². The standard InChI is InChI=1S/C15H26N2O3/c1-14(2)12(15(14,3)4)16-13(20)17-8-7-10(9-17)5-6-11(18)19/h10,12H,5-9H2,1-4H3,(H,16,20)(H,18,19). The summed E-state index contributed by atoms with van der Waals surface area (Å²) in [6.07, 6.45) is 1.78. The molecule has 5 heteroatoms. The van der Waals surface area contributed by atoms with Crippen LogP contribution < -0.4 is 5.32 Å². The van der Waals surface area contributed by atoms with Gasteiger partial charge in [-0.25, -0.2) is 4.79 Å². The molecule has 0 aromatic heterocycles. The highest BCUT2D eigenvalue weighted by atomic mass is 16.4. The van der Waals surface area contributed by atoms with Crippen molar-refractivity contribution in [3.8, 4) is 0 Å². The van der Waals surface area contributed by atoms with Gasteiger partial charge in [0.15, 0.2) is 0 Å². The predicted molar refractivity (Wildman–Crippen MR) is 76.4 cm³/mol. The van der Waals surface area contributed by atoms with E-state index in [1.54, 1.807) is 0 Å². The van der Waals surface area contributed by atoms with E-state index < -0.39 is 5.97 Å². The van der Waals surface area contributed by atoms with Crippen molar-refractivity contribution in [2.75, 3.05) is 13.1 Å². The van der Waals surface area contributed by atoms with Crippen LogP contribution in [0.1, 0.15) is 47.0 Å². The van der Waals surface area contributed by atoms with Gasteiger partial charge in [-0.15, -0.1) is 0 Å². The van der Waals surface area contributed by atoms with Crippen LogP contribution in [-0.4, -0.2) is 41.1 Å². The number of amides is 2. The van der Waals surface area contributed by atoms with Crippen LogP contribution in [0.3, 0.4) is 0 Å². The van der Waals surface area contributed by atoms with Gasteiger partial charge in [0.05, 0.1) is 0 Å². The van der Waals surface area contributed by atoms with Crippen molar-refractivity contribution < 1.29 is 14.7 Å². The maximum atomic E-state index is 12.3. The molecule has 2 fully saturated rings. The molecule has 2 N–H and O–H groups in total. The van der Waals surface area contributed by atoms with E-state index in [9.17, 15) is 9.59 Å². The molecule has 114 valence electrons. The molecule has 2 amide bonds. The summed E-state index contributed by atoms with van der Waals surface area (Å²) in [7, 11) is 0. The number of carbonyl (C=O) groups is 2. The summed E-state index contributed by atoms with van der Waals surface area (Å²) in [6, 6.07) is 0.229. The maximum absolute atomic E-state index is 12.3. The molecule has 0 radical (unpaired) electrons.